The van der Waals surface area contributed by atoms with Crippen LogP contribution in [0.3, 0.4) is 0 Å². The van der Waals surface area contributed by atoms with Crippen molar-refractivity contribution in [1.29, 1.82) is 0 Å². The molecule has 3 amide bonds. The van der Waals surface area contributed by atoms with Crippen LogP contribution in [0.15, 0.2) is 24.3 Å². The SMILES string of the molecule is C[C@@H]1CCc2sc(C(=O)NN[C@@H]3CC(=O)N(c4ccc(F)c(Cl)c4)C3=O)cc2C1. The van der Waals surface area contributed by atoms with E-state index in [1.54, 1.807) is 0 Å². The van der Waals surface area contributed by atoms with Gasteiger partial charge in [-0.1, -0.05) is 18.5 Å². The number of aryl methyl sites for hydroxylation is 1. The molecule has 1 aromatic carbocycles. The zero-order chi connectivity index (χ0) is 20.7. The van der Waals surface area contributed by atoms with Gasteiger partial charge in [0, 0.05) is 4.88 Å². The number of rotatable bonds is 4. The summed E-state index contributed by atoms with van der Waals surface area (Å²) in [5.41, 5.74) is 6.61. The quantitative estimate of drug-likeness (QED) is 0.571. The average Bonchev–Trinajstić information content (AvgIpc) is 3.22. The third-order valence-corrected chi connectivity index (χ3v) is 6.75. The van der Waals surface area contributed by atoms with Gasteiger partial charge in [0.1, 0.15) is 11.9 Å². The van der Waals surface area contributed by atoms with E-state index < -0.39 is 23.7 Å². The molecule has 1 aliphatic carbocycles. The molecule has 152 valence electrons. The molecule has 0 radical (unpaired) electrons. The molecule has 6 nitrogen and oxygen atoms in total. The summed E-state index contributed by atoms with van der Waals surface area (Å²) >= 11 is 7.22. The van der Waals surface area contributed by atoms with Crippen molar-refractivity contribution in [3.63, 3.8) is 0 Å². The standard InChI is InChI=1S/C20H19ClFN3O3S/c1-10-2-5-16-11(6-10)7-17(29-16)19(27)24-23-15-9-18(26)25(20(15)28)12-3-4-14(22)13(21)8-12/h3-4,7-8,10,15,23H,2,5-6,9H2,1H3,(H,24,27)/t10-,15-/m1/s1. The molecule has 29 heavy (non-hydrogen) atoms. The van der Waals surface area contributed by atoms with Crippen LogP contribution < -0.4 is 15.8 Å². The van der Waals surface area contributed by atoms with Crippen LogP contribution in [0.25, 0.3) is 0 Å². The van der Waals surface area contributed by atoms with Crippen LogP contribution in [-0.4, -0.2) is 23.8 Å². The van der Waals surface area contributed by atoms with Crippen molar-refractivity contribution >= 4 is 46.3 Å². The number of amides is 3. The van der Waals surface area contributed by atoms with Crippen LogP contribution >= 0.6 is 22.9 Å². The zero-order valence-electron chi connectivity index (χ0n) is 15.6. The van der Waals surface area contributed by atoms with Gasteiger partial charge in [-0.2, -0.15) is 0 Å². The smallest absolute Gasteiger partial charge is 0.275 e. The van der Waals surface area contributed by atoms with Crippen molar-refractivity contribution < 1.29 is 18.8 Å². The molecule has 2 N–H and O–H groups in total. The van der Waals surface area contributed by atoms with Gasteiger partial charge in [0.15, 0.2) is 0 Å². The van der Waals surface area contributed by atoms with Gasteiger partial charge in [-0.15, -0.1) is 11.3 Å². The molecule has 1 aromatic heterocycles. The molecular weight excluding hydrogens is 417 g/mol. The highest BCUT2D eigenvalue weighted by Crippen LogP contribution is 2.32. The molecule has 9 heteroatoms. The largest absolute Gasteiger partial charge is 0.286 e. The molecular formula is C20H19ClFN3O3S. The lowest BCUT2D eigenvalue weighted by Crippen LogP contribution is -2.48. The fourth-order valence-corrected chi connectivity index (χ4v) is 4.95. The van der Waals surface area contributed by atoms with Crippen LogP contribution in [-0.2, 0) is 22.4 Å². The molecule has 0 unspecified atom stereocenters. The summed E-state index contributed by atoms with van der Waals surface area (Å²) in [5, 5.41) is -0.177. The molecule has 0 spiro atoms. The molecule has 1 saturated heterocycles. The summed E-state index contributed by atoms with van der Waals surface area (Å²) in [5.74, 6) is -1.34. The second-order valence-electron chi connectivity index (χ2n) is 7.43. The minimum Gasteiger partial charge on any atom is -0.286 e. The molecule has 2 aromatic rings. The normalized spacial score (nSPS) is 21.4. The molecule has 4 rings (SSSR count). The third-order valence-electron chi connectivity index (χ3n) is 5.22. The number of anilines is 1. The number of hydrogen-bond acceptors (Lipinski definition) is 5. The monoisotopic (exact) mass is 435 g/mol. The van der Waals surface area contributed by atoms with E-state index in [0.717, 1.165) is 30.2 Å². The highest BCUT2D eigenvalue weighted by molar-refractivity contribution is 7.14. The molecule has 2 heterocycles. The lowest BCUT2D eigenvalue weighted by molar-refractivity contribution is -0.121. The van der Waals surface area contributed by atoms with E-state index in [9.17, 15) is 18.8 Å². The Morgan fingerprint density at radius 2 is 2.07 bits per heavy atom. The van der Waals surface area contributed by atoms with E-state index in [-0.39, 0.29) is 23.0 Å². The Balaban J connectivity index is 1.41. The first-order valence-electron chi connectivity index (χ1n) is 9.32. The zero-order valence-corrected chi connectivity index (χ0v) is 17.2. The highest BCUT2D eigenvalue weighted by atomic mass is 35.5. The van der Waals surface area contributed by atoms with Gasteiger partial charge in [0.25, 0.3) is 11.8 Å². The maximum atomic E-state index is 13.4. The van der Waals surface area contributed by atoms with Gasteiger partial charge in [-0.05, 0) is 55.0 Å². The molecule has 0 saturated carbocycles. The van der Waals surface area contributed by atoms with Crippen molar-refractivity contribution in [1.82, 2.24) is 10.9 Å². The predicted molar refractivity (Wildman–Crippen MR) is 108 cm³/mol. The van der Waals surface area contributed by atoms with E-state index in [0.29, 0.717) is 10.8 Å². The highest BCUT2D eigenvalue weighted by Gasteiger charge is 2.40. The summed E-state index contributed by atoms with van der Waals surface area (Å²) in [7, 11) is 0. The molecule has 2 aliphatic rings. The van der Waals surface area contributed by atoms with Crippen LogP contribution in [0, 0.1) is 11.7 Å². The summed E-state index contributed by atoms with van der Waals surface area (Å²) in [6, 6.07) is 4.64. The third kappa shape index (κ3) is 3.92. The van der Waals surface area contributed by atoms with Gasteiger partial charge < -0.3 is 0 Å². The number of fused-ring (bicyclic) bond motifs is 1. The Labute approximate surface area is 176 Å². The molecule has 2 atom stereocenters. The van der Waals surface area contributed by atoms with E-state index in [2.05, 4.69) is 17.8 Å². The molecule has 0 bridgehead atoms. The average molecular weight is 436 g/mol. The summed E-state index contributed by atoms with van der Waals surface area (Å²) in [4.78, 5) is 40.2. The second kappa shape index (κ2) is 7.85. The number of benzene rings is 1. The number of hydrazine groups is 1. The van der Waals surface area contributed by atoms with Crippen LogP contribution in [0.1, 0.15) is 39.9 Å². The second-order valence-corrected chi connectivity index (χ2v) is 8.97. The maximum absolute atomic E-state index is 13.4. The number of imide groups is 1. The van der Waals surface area contributed by atoms with Gasteiger partial charge >= 0.3 is 0 Å². The summed E-state index contributed by atoms with van der Waals surface area (Å²) in [6.07, 6.45) is 2.95. The van der Waals surface area contributed by atoms with Crippen LogP contribution in [0.5, 0.6) is 0 Å². The number of thiophene rings is 1. The fraction of sp³-hybridized carbons (Fsp3) is 0.350. The molecule has 1 fully saturated rings. The van der Waals surface area contributed by atoms with Gasteiger partial charge in [-0.3, -0.25) is 19.8 Å². The van der Waals surface area contributed by atoms with Crippen LogP contribution in [0.4, 0.5) is 10.1 Å². The summed E-state index contributed by atoms with van der Waals surface area (Å²) < 4.78 is 13.4. The van der Waals surface area contributed by atoms with E-state index in [1.165, 1.54) is 33.9 Å². The first-order valence-corrected chi connectivity index (χ1v) is 10.5. The number of nitrogens with zero attached hydrogens (tertiary/aromatic N) is 1. The molecule has 1 aliphatic heterocycles. The van der Waals surface area contributed by atoms with Gasteiger partial charge in [0.2, 0.25) is 5.91 Å². The Bertz CT molecular complexity index is 1010. The van der Waals surface area contributed by atoms with Gasteiger partial charge in [-0.25, -0.2) is 14.7 Å². The first-order chi connectivity index (χ1) is 13.8. The van der Waals surface area contributed by atoms with E-state index >= 15 is 0 Å². The lowest BCUT2D eigenvalue weighted by atomic mass is 9.90. The lowest BCUT2D eigenvalue weighted by Gasteiger charge is -2.16. The van der Waals surface area contributed by atoms with E-state index in [1.807, 2.05) is 6.07 Å². The van der Waals surface area contributed by atoms with E-state index in [4.69, 9.17) is 11.6 Å². The van der Waals surface area contributed by atoms with Crippen molar-refractivity contribution in [2.75, 3.05) is 4.90 Å². The maximum Gasteiger partial charge on any atom is 0.275 e. The number of carbonyl (C=O) groups is 3. The minimum atomic E-state index is -0.898. The topological polar surface area (TPSA) is 78.5 Å². The Morgan fingerprint density at radius 3 is 2.83 bits per heavy atom. The predicted octanol–water partition coefficient (Wildman–Crippen LogP) is 3.23. The fourth-order valence-electron chi connectivity index (χ4n) is 3.67. The van der Waals surface area contributed by atoms with Gasteiger partial charge in [0.05, 0.1) is 22.0 Å². The minimum absolute atomic E-state index is 0.118. The van der Waals surface area contributed by atoms with Crippen molar-refractivity contribution in [2.24, 2.45) is 5.92 Å². The number of halogens is 2. The first kappa shape index (κ1) is 20.0. The van der Waals surface area contributed by atoms with Crippen LogP contribution in [0.2, 0.25) is 5.02 Å². The van der Waals surface area contributed by atoms with Crippen molar-refractivity contribution in [3.05, 3.63) is 50.4 Å². The number of hydrogen-bond donors (Lipinski definition) is 2. The van der Waals surface area contributed by atoms with Crippen molar-refractivity contribution in [3.8, 4) is 0 Å². The Morgan fingerprint density at radius 1 is 1.28 bits per heavy atom. The Kier molecular flexibility index (Phi) is 5.42. The van der Waals surface area contributed by atoms with Crippen molar-refractivity contribution in [2.45, 2.75) is 38.6 Å². The Hall–Kier alpha value is -2.29. The summed E-state index contributed by atoms with van der Waals surface area (Å²) in [6.45, 7) is 2.20. The number of nitrogens with one attached hydrogen (secondary N) is 2. The number of carbonyl (C=O) groups excluding carboxylic acids is 3.